The fourth-order valence-electron chi connectivity index (χ4n) is 4.79. The Morgan fingerprint density at radius 1 is 1.00 bits per heavy atom. The van der Waals surface area contributed by atoms with E-state index in [9.17, 15) is 0 Å². The third-order valence-electron chi connectivity index (χ3n) is 6.63. The van der Waals surface area contributed by atoms with Crippen molar-refractivity contribution < 1.29 is 0 Å². The number of allylic oxidation sites excluding steroid dienone is 6. The molecule has 5 rings (SSSR count). The average molecular weight is 438 g/mol. The standard InChI is InChI=1S/C28H31N5/c1-32-19-15-25(16-20-32)33(21-22-9-5-4-6-10-22)28-26(23-13-17-29-18-14-23)27(30-31-28)24-11-7-2-3-8-12-24/h2-11,13-14,17-18,25H,12,15-16,19-21H2,1H3,(H,30,31). The van der Waals surface area contributed by atoms with E-state index in [2.05, 4.69) is 99.8 Å². The fourth-order valence-corrected chi connectivity index (χ4v) is 4.79. The first-order valence-corrected chi connectivity index (χ1v) is 11.8. The van der Waals surface area contributed by atoms with Crippen LogP contribution in [0.5, 0.6) is 0 Å². The number of rotatable bonds is 6. The number of piperidine rings is 1. The Morgan fingerprint density at radius 3 is 2.58 bits per heavy atom. The lowest BCUT2D eigenvalue weighted by Gasteiger charge is -2.38. The summed E-state index contributed by atoms with van der Waals surface area (Å²) in [5.74, 6) is 1.03. The Balaban J connectivity index is 1.61. The van der Waals surface area contributed by atoms with E-state index < -0.39 is 0 Å². The van der Waals surface area contributed by atoms with E-state index in [1.807, 2.05) is 12.4 Å². The zero-order valence-electron chi connectivity index (χ0n) is 19.2. The second-order valence-electron chi connectivity index (χ2n) is 8.89. The Hall–Kier alpha value is -3.44. The second-order valence-corrected chi connectivity index (χ2v) is 8.89. The summed E-state index contributed by atoms with van der Waals surface area (Å²) in [7, 11) is 2.21. The van der Waals surface area contributed by atoms with Crippen LogP contribution in [-0.4, -0.2) is 46.3 Å². The first-order chi connectivity index (χ1) is 16.3. The van der Waals surface area contributed by atoms with E-state index in [1.165, 1.54) is 16.7 Å². The molecule has 0 bridgehead atoms. The van der Waals surface area contributed by atoms with Gasteiger partial charge in [-0.25, -0.2) is 0 Å². The van der Waals surface area contributed by atoms with Gasteiger partial charge in [0, 0.05) is 25.0 Å². The van der Waals surface area contributed by atoms with Crippen molar-refractivity contribution >= 4 is 11.4 Å². The number of nitrogens with zero attached hydrogens (tertiary/aromatic N) is 4. The molecular formula is C28H31N5. The fraction of sp³-hybridized carbons (Fsp3) is 0.286. The molecule has 0 spiro atoms. The first kappa shape index (κ1) is 21.4. The van der Waals surface area contributed by atoms with Crippen molar-refractivity contribution in [3.05, 3.63) is 96.5 Å². The highest BCUT2D eigenvalue weighted by Crippen LogP contribution is 2.39. The van der Waals surface area contributed by atoms with Crippen molar-refractivity contribution in [3.8, 4) is 11.1 Å². The topological polar surface area (TPSA) is 48.0 Å². The van der Waals surface area contributed by atoms with Crippen LogP contribution in [0.3, 0.4) is 0 Å². The van der Waals surface area contributed by atoms with Gasteiger partial charge in [0.1, 0.15) is 0 Å². The number of likely N-dealkylation sites (tertiary alicyclic amines) is 1. The molecule has 1 aromatic carbocycles. The van der Waals surface area contributed by atoms with E-state index in [4.69, 9.17) is 5.10 Å². The zero-order valence-corrected chi connectivity index (χ0v) is 19.2. The molecule has 0 radical (unpaired) electrons. The van der Waals surface area contributed by atoms with Gasteiger partial charge in [0.15, 0.2) is 5.82 Å². The molecule has 1 saturated heterocycles. The van der Waals surface area contributed by atoms with E-state index in [0.717, 1.165) is 56.0 Å². The second kappa shape index (κ2) is 10.0. The molecule has 5 heteroatoms. The Labute approximate surface area is 196 Å². The number of aromatic nitrogens is 3. The third-order valence-corrected chi connectivity index (χ3v) is 6.63. The molecule has 2 aromatic heterocycles. The number of hydrogen-bond donors (Lipinski definition) is 1. The van der Waals surface area contributed by atoms with Gasteiger partial charge < -0.3 is 9.80 Å². The van der Waals surface area contributed by atoms with Gasteiger partial charge in [0.25, 0.3) is 0 Å². The van der Waals surface area contributed by atoms with Crippen LogP contribution in [-0.2, 0) is 6.54 Å². The molecule has 168 valence electrons. The normalized spacial score (nSPS) is 17.1. The number of nitrogens with one attached hydrogen (secondary N) is 1. The molecule has 2 aliphatic rings. The first-order valence-electron chi connectivity index (χ1n) is 11.8. The smallest absolute Gasteiger partial charge is 0.159 e. The number of pyridine rings is 1. The van der Waals surface area contributed by atoms with Crippen molar-refractivity contribution in [2.75, 3.05) is 25.0 Å². The molecule has 0 saturated carbocycles. The lowest BCUT2D eigenvalue weighted by molar-refractivity contribution is 0.248. The van der Waals surface area contributed by atoms with E-state index in [0.29, 0.717) is 6.04 Å². The number of H-pyrrole nitrogens is 1. The monoisotopic (exact) mass is 437 g/mol. The lowest BCUT2D eigenvalue weighted by atomic mass is 9.97. The van der Waals surface area contributed by atoms with Crippen LogP contribution in [0, 0.1) is 0 Å². The summed E-state index contributed by atoms with van der Waals surface area (Å²) in [4.78, 5) is 9.22. The van der Waals surface area contributed by atoms with E-state index in [1.54, 1.807) is 0 Å². The lowest BCUT2D eigenvalue weighted by Crippen LogP contribution is -2.44. The highest BCUT2D eigenvalue weighted by molar-refractivity contribution is 5.87. The highest BCUT2D eigenvalue weighted by atomic mass is 15.3. The van der Waals surface area contributed by atoms with Gasteiger partial charge in [0.2, 0.25) is 0 Å². The predicted molar refractivity (Wildman–Crippen MR) is 136 cm³/mol. The maximum Gasteiger partial charge on any atom is 0.159 e. The van der Waals surface area contributed by atoms with Crippen molar-refractivity contribution in [1.82, 2.24) is 20.1 Å². The van der Waals surface area contributed by atoms with Gasteiger partial charge >= 0.3 is 0 Å². The third kappa shape index (κ3) is 4.83. The molecular weight excluding hydrogens is 406 g/mol. The zero-order chi connectivity index (χ0) is 22.5. The highest BCUT2D eigenvalue weighted by Gasteiger charge is 2.29. The minimum atomic E-state index is 0.445. The maximum atomic E-state index is 4.97. The number of aromatic amines is 1. The molecule has 0 amide bonds. The van der Waals surface area contributed by atoms with E-state index in [-0.39, 0.29) is 0 Å². The van der Waals surface area contributed by atoms with Crippen LogP contribution in [0.15, 0.2) is 85.2 Å². The summed E-state index contributed by atoms with van der Waals surface area (Å²) < 4.78 is 0. The molecule has 33 heavy (non-hydrogen) atoms. The van der Waals surface area contributed by atoms with Crippen LogP contribution in [0.2, 0.25) is 0 Å². The van der Waals surface area contributed by atoms with Crippen molar-refractivity contribution in [1.29, 1.82) is 0 Å². The predicted octanol–water partition coefficient (Wildman–Crippen LogP) is 5.47. The Morgan fingerprint density at radius 2 is 1.79 bits per heavy atom. The summed E-state index contributed by atoms with van der Waals surface area (Å²) in [5, 5.41) is 8.39. The Bertz CT molecular complexity index is 1140. The van der Waals surface area contributed by atoms with Gasteiger partial charge in [-0.15, -0.1) is 0 Å². The summed E-state index contributed by atoms with van der Waals surface area (Å²) in [5.41, 5.74) is 5.96. The quantitative estimate of drug-likeness (QED) is 0.555. The van der Waals surface area contributed by atoms with Crippen LogP contribution in [0.1, 0.15) is 30.5 Å². The summed E-state index contributed by atoms with van der Waals surface area (Å²) in [6.07, 6.45) is 17.6. The minimum absolute atomic E-state index is 0.445. The molecule has 0 unspecified atom stereocenters. The SMILES string of the molecule is CN1CCC(N(Cc2ccccc2)c2n[nH]c(C3=CC=CC=CC3)c2-c2ccncc2)CC1. The molecule has 1 N–H and O–H groups in total. The maximum absolute atomic E-state index is 4.97. The van der Waals surface area contributed by atoms with Gasteiger partial charge in [-0.2, -0.15) is 5.10 Å². The summed E-state index contributed by atoms with van der Waals surface area (Å²) in [6, 6.07) is 15.4. The molecule has 1 aliphatic heterocycles. The molecule has 3 heterocycles. The largest absolute Gasteiger partial charge is 0.347 e. The summed E-state index contributed by atoms with van der Waals surface area (Å²) in [6.45, 7) is 3.06. The molecule has 5 nitrogen and oxygen atoms in total. The van der Waals surface area contributed by atoms with Gasteiger partial charge in [-0.05, 0) is 68.2 Å². The van der Waals surface area contributed by atoms with Crippen LogP contribution in [0.25, 0.3) is 16.7 Å². The molecule has 1 aliphatic carbocycles. The van der Waals surface area contributed by atoms with Crippen LogP contribution < -0.4 is 4.90 Å². The van der Waals surface area contributed by atoms with E-state index >= 15 is 0 Å². The van der Waals surface area contributed by atoms with Gasteiger partial charge in [-0.1, -0.05) is 60.7 Å². The van der Waals surface area contributed by atoms with Crippen molar-refractivity contribution in [2.24, 2.45) is 0 Å². The number of anilines is 1. The number of benzene rings is 1. The average Bonchev–Trinajstić information content (AvgIpc) is 3.11. The van der Waals surface area contributed by atoms with Crippen LogP contribution in [0.4, 0.5) is 5.82 Å². The van der Waals surface area contributed by atoms with Crippen molar-refractivity contribution in [3.63, 3.8) is 0 Å². The van der Waals surface area contributed by atoms with Crippen LogP contribution >= 0.6 is 0 Å². The molecule has 0 atom stereocenters. The van der Waals surface area contributed by atoms with Crippen molar-refractivity contribution in [2.45, 2.75) is 31.8 Å². The minimum Gasteiger partial charge on any atom is -0.347 e. The summed E-state index contributed by atoms with van der Waals surface area (Å²) >= 11 is 0. The number of hydrogen-bond acceptors (Lipinski definition) is 4. The van der Waals surface area contributed by atoms with Gasteiger partial charge in [0.05, 0.1) is 11.3 Å². The Kier molecular flexibility index (Phi) is 6.49. The molecule has 1 fully saturated rings. The molecule has 3 aromatic rings. The van der Waals surface area contributed by atoms with Gasteiger partial charge in [-0.3, -0.25) is 10.1 Å².